The maximum absolute atomic E-state index is 11.5. The first-order valence-corrected chi connectivity index (χ1v) is 4.47. The molecule has 0 aromatic carbocycles. The predicted octanol–water partition coefficient (Wildman–Crippen LogP) is 0.135. The molecular formula is C9H14N2O. The van der Waals surface area contributed by atoms with Gasteiger partial charge in [0.25, 0.3) is 0 Å². The minimum Gasteiger partial charge on any atom is -0.331 e. The summed E-state index contributed by atoms with van der Waals surface area (Å²) in [5.41, 5.74) is 0. The average molecular weight is 166 g/mol. The molecule has 0 spiro atoms. The molecule has 3 nitrogen and oxygen atoms in total. The molecule has 1 saturated carbocycles. The first kappa shape index (κ1) is 7.80. The lowest BCUT2D eigenvalue weighted by molar-refractivity contribution is -0.134. The molecule has 0 unspecified atom stereocenters. The lowest BCUT2D eigenvalue weighted by Crippen LogP contribution is -2.54. The molecule has 66 valence electrons. The van der Waals surface area contributed by atoms with Crippen LogP contribution < -0.4 is 5.32 Å². The highest BCUT2D eigenvalue weighted by Crippen LogP contribution is 2.29. The van der Waals surface area contributed by atoms with Crippen molar-refractivity contribution in [1.29, 1.82) is 0 Å². The maximum atomic E-state index is 11.5. The third kappa shape index (κ3) is 1.25. The number of nitrogens with one attached hydrogen (secondary N) is 1. The third-order valence-electron chi connectivity index (χ3n) is 2.49. The minimum atomic E-state index is 0.221. The van der Waals surface area contributed by atoms with Crippen molar-refractivity contribution in [2.45, 2.75) is 24.9 Å². The highest BCUT2D eigenvalue weighted by Gasteiger charge is 2.37. The van der Waals surface area contributed by atoms with Crippen LogP contribution >= 0.6 is 0 Å². The molecule has 2 rings (SSSR count). The Balaban J connectivity index is 2.09. The van der Waals surface area contributed by atoms with Crippen LogP contribution in [0.2, 0.25) is 0 Å². The highest BCUT2D eigenvalue weighted by atomic mass is 16.2. The molecule has 0 bridgehead atoms. The second kappa shape index (κ2) is 2.90. The van der Waals surface area contributed by atoms with Gasteiger partial charge in [-0.15, -0.1) is 6.58 Å². The SMILES string of the molecule is C=C[C@@H]1CNCC(=O)N1C1CC1. The van der Waals surface area contributed by atoms with Crippen molar-refractivity contribution >= 4 is 5.91 Å². The molecule has 3 heteroatoms. The van der Waals surface area contributed by atoms with Crippen LogP contribution in [0.25, 0.3) is 0 Å². The van der Waals surface area contributed by atoms with Crippen LogP contribution in [0.3, 0.4) is 0 Å². The number of piperazine rings is 1. The topological polar surface area (TPSA) is 32.3 Å². The summed E-state index contributed by atoms with van der Waals surface area (Å²) in [6.07, 6.45) is 4.22. The maximum Gasteiger partial charge on any atom is 0.237 e. The average Bonchev–Trinajstić information content (AvgIpc) is 2.87. The van der Waals surface area contributed by atoms with Crippen molar-refractivity contribution in [2.75, 3.05) is 13.1 Å². The minimum absolute atomic E-state index is 0.221. The van der Waals surface area contributed by atoms with Crippen LogP contribution in [0.5, 0.6) is 0 Å². The van der Waals surface area contributed by atoms with Gasteiger partial charge in [0.1, 0.15) is 0 Å². The van der Waals surface area contributed by atoms with Crippen molar-refractivity contribution in [3.05, 3.63) is 12.7 Å². The summed E-state index contributed by atoms with van der Waals surface area (Å²) in [6, 6.07) is 0.737. The van der Waals surface area contributed by atoms with Gasteiger partial charge in [-0.3, -0.25) is 4.79 Å². The smallest absolute Gasteiger partial charge is 0.237 e. The van der Waals surface area contributed by atoms with E-state index in [1.54, 1.807) is 0 Å². The van der Waals surface area contributed by atoms with E-state index in [-0.39, 0.29) is 11.9 Å². The molecule has 2 aliphatic rings. The van der Waals surface area contributed by atoms with Gasteiger partial charge < -0.3 is 10.2 Å². The fourth-order valence-electron chi connectivity index (χ4n) is 1.73. The summed E-state index contributed by atoms with van der Waals surface area (Å²) < 4.78 is 0. The standard InChI is InChI=1S/C9H14N2O/c1-2-7-5-10-6-9(12)11(7)8-3-4-8/h2,7-8,10H,1,3-6H2/t7-/m1/s1. The summed E-state index contributed by atoms with van der Waals surface area (Å²) in [5.74, 6) is 0.230. The van der Waals surface area contributed by atoms with Crippen LogP contribution in [0.1, 0.15) is 12.8 Å². The highest BCUT2D eigenvalue weighted by molar-refractivity contribution is 5.80. The molecule has 1 N–H and O–H groups in total. The van der Waals surface area contributed by atoms with Gasteiger partial charge in [-0.2, -0.15) is 0 Å². The Bertz CT molecular complexity index is 211. The van der Waals surface area contributed by atoms with E-state index >= 15 is 0 Å². The first-order valence-electron chi connectivity index (χ1n) is 4.47. The van der Waals surface area contributed by atoms with E-state index in [4.69, 9.17) is 0 Å². The van der Waals surface area contributed by atoms with Crippen LogP contribution in [-0.2, 0) is 4.79 Å². The van der Waals surface area contributed by atoms with Gasteiger partial charge in [-0.25, -0.2) is 0 Å². The zero-order valence-corrected chi connectivity index (χ0v) is 7.12. The van der Waals surface area contributed by atoms with E-state index in [2.05, 4.69) is 11.9 Å². The Labute approximate surface area is 72.4 Å². The van der Waals surface area contributed by atoms with Gasteiger partial charge in [0, 0.05) is 12.6 Å². The van der Waals surface area contributed by atoms with Crippen molar-refractivity contribution in [2.24, 2.45) is 0 Å². The Morgan fingerprint density at radius 2 is 2.33 bits per heavy atom. The molecule has 1 saturated heterocycles. The summed E-state index contributed by atoms with van der Waals surface area (Å²) >= 11 is 0. The first-order chi connectivity index (χ1) is 5.83. The molecule has 0 aromatic heterocycles. The number of hydrogen-bond acceptors (Lipinski definition) is 2. The third-order valence-corrected chi connectivity index (χ3v) is 2.49. The lowest BCUT2D eigenvalue weighted by atomic mass is 10.2. The molecule has 1 aliphatic heterocycles. The van der Waals surface area contributed by atoms with E-state index in [1.807, 2.05) is 11.0 Å². The Morgan fingerprint density at radius 3 is 2.92 bits per heavy atom. The Morgan fingerprint density at radius 1 is 1.58 bits per heavy atom. The normalized spacial score (nSPS) is 30.5. The monoisotopic (exact) mass is 166 g/mol. The molecule has 0 aromatic rings. The van der Waals surface area contributed by atoms with E-state index in [9.17, 15) is 4.79 Å². The quantitative estimate of drug-likeness (QED) is 0.592. The fourth-order valence-corrected chi connectivity index (χ4v) is 1.73. The van der Waals surface area contributed by atoms with Crippen molar-refractivity contribution < 1.29 is 4.79 Å². The van der Waals surface area contributed by atoms with Gasteiger partial charge in [0.2, 0.25) is 5.91 Å². The van der Waals surface area contributed by atoms with E-state index in [0.29, 0.717) is 12.6 Å². The molecular weight excluding hydrogens is 152 g/mol. The predicted molar refractivity (Wildman–Crippen MR) is 46.7 cm³/mol. The van der Waals surface area contributed by atoms with Crippen LogP contribution in [-0.4, -0.2) is 36.0 Å². The Kier molecular flexibility index (Phi) is 1.89. The molecule has 0 radical (unpaired) electrons. The van der Waals surface area contributed by atoms with E-state index in [1.165, 1.54) is 12.8 Å². The van der Waals surface area contributed by atoms with Crippen molar-refractivity contribution in [3.8, 4) is 0 Å². The number of nitrogens with zero attached hydrogens (tertiary/aromatic N) is 1. The van der Waals surface area contributed by atoms with Crippen LogP contribution in [0.15, 0.2) is 12.7 Å². The molecule has 1 aliphatic carbocycles. The van der Waals surface area contributed by atoms with Crippen molar-refractivity contribution in [1.82, 2.24) is 10.2 Å². The molecule has 12 heavy (non-hydrogen) atoms. The number of carbonyl (C=O) groups excluding carboxylic acids is 1. The van der Waals surface area contributed by atoms with Crippen molar-refractivity contribution in [3.63, 3.8) is 0 Å². The van der Waals surface area contributed by atoms with Gasteiger partial charge >= 0.3 is 0 Å². The summed E-state index contributed by atoms with van der Waals surface area (Å²) in [4.78, 5) is 13.5. The molecule has 1 heterocycles. The molecule has 2 fully saturated rings. The number of amides is 1. The fraction of sp³-hybridized carbons (Fsp3) is 0.667. The van der Waals surface area contributed by atoms with Gasteiger partial charge in [0.15, 0.2) is 0 Å². The number of carbonyl (C=O) groups is 1. The van der Waals surface area contributed by atoms with E-state index in [0.717, 1.165) is 6.54 Å². The van der Waals surface area contributed by atoms with Gasteiger partial charge in [0.05, 0.1) is 12.6 Å². The summed E-state index contributed by atoms with van der Waals surface area (Å²) in [6.45, 7) is 5.11. The summed E-state index contributed by atoms with van der Waals surface area (Å²) in [7, 11) is 0. The summed E-state index contributed by atoms with van der Waals surface area (Å²) in [5, 5.41) is 3.09. The zero-order valence-electron chi connectivity index (χ0n) is 7.12. The van der Waals surface area contributed by atoms with Crippen LogP contribution in [0.4, 0.5) is 0 Å². The molecule has 1 amide bonds. The second-order valence-electron chi connectivity index (χ2n) is 3.47. The lowest BCUT2D eigenvalue weighted by Gasteiger charge is -2.34. The van der Waals surface area contributed by atoms with E-state index < -0.39 is 0 Å². The number of rotatable bonds is 2. The zero-order chi connectivity index (χ0) is 8.55. The van der Waals surface area contributed by atoms with Gasteiger partial charge in [-0.05, 0) is 12.8 Å². The largest absolute Gasteiger partial charge is 0.331 e. The number of hydrogen-bond donors (Lipinski definition) is 1. The molecule has 1 atom stereocenters. The van der Waals surface area contributed by atoms with Gasteiger partial charge in [-0.1, -0.05) is 6.08 Å². The second-order valence-corrected chi connectivity index (χ2v) is 3.47. The van der Waals surface area contributed by atoms with Crippen LogP contribution in [0, 0.1) is 0 Å². The Hall–Kier alpha value is -0.830.